The quantitative estimate of drug-likeness (QED) is 0.750. The number of carbonyl (C=O) groups excluding carboxylic acids is 2. The normalized spacial score (nSPS) is 28.4. The Hall–Kier alpha value is -0.995. The van der Waals surface area contributed by atoms with Crippen LogP contribution in [0.5, 0.6) is 0 Å². The minimum absolute atomic E-state index is 0. The number of carbonyl (C=O) groups is 2. The molecular weight excluding hydrogens is 275 g/mol. The first-order valence-electron chi connectivity index (χ1n) is 8.05. The van der Waals surface area contributed by atoms with Gasteiger partial charge in [0.25, 0.3) is 0 Å². The molecular formula is C17H30BN2O2. The summed E-state index contributed by atoms with van der Waals surface area (Å²) in [6, 6.07) is 0. The highest BCUT2D eigenvalue weighted by molar-refractivity contribution is 5.94. The molecule has 0 aromatic rings. The molecule has 0 bridgehead atoms. The molecule has 2 saturated heterocycles. The lowest BCUT2D eigenvalue weighted by Crippen LogP contribution is -2.58. The minimum atomic E-state index is -0.662. The minimum Gasteiger partial charge on any atom is -0.342 e. The van der Waals surface area contributed by atoms with E-state index in [1.165, 1.54) is 0 Å². The van der Waals surface area contributed by atoms with Crippen LogP contribution in [0.1, 0.15) is 54.4 Å². The molecule has 1 atom stereocenters. The van der Waals surface area contributed by atoms with Gasteiger partial charge in [-0.25, -0.2) is 0 Å². The molecule has 2 aliphatic heterocycles. The van der Waals surface area contributed by atoms with Gasteiger partial charge in [-0.1, -0.05) is 6.92 Å². The molecule has 123 valence electrons. The van der Waals surface area contributed by atoms with Crippen LogP contribution in [-0.2, 0) is 9.59 Å². The molecule has 0 spiro atoms. The van der Waals surface area contributed by atoms with Gasteiger partial charge in [0, 0.05) is 34.1 Å². The highest BCUT2D eigenvalue weighted by Crippen LogP contribution is 2.53. The zero-order valence-corrected chi connectivity index (χ0v) is 15.2. The maximum Gasteiger partial charge on any atom is 0.229 e. The zero-order chi connectivity index (χ0) is 16.2. The first-order valence-corrected chi connectivity index (χ1v) is 8.05. The number of hydrogen-bond donors (Lipinski definition) is 0. The van der Waals surface area contributed by atoms with E-state index in [0.29, 0.717) is 5.92 Å². The van der Waals surface area contributed by atoms with E-state index in [0.717, 1.165) is 25.9 Å². The highest BCUT2D eigenvalue weighted by atomic mass is 16.2. The molecule has 2 aliphatic rings. The summed E-state index contributed by atoms with van der Waals surface area (Å²) in [5, 5.41) is 0. The Kier molecular flexibility index (Phi) is 4.83. The third-order valence-electron chi connectivity index (χ3n) is 6.21. The molecule has 5 heteroatoms. The lowest BCUT2D eigenvalue weighted by molar-refractivity contribution is -0.160. The highest BCUT2D eigenvalue weighted by Gasteiger charge is 2.61. The SMILES string of the molecule is CCC1CN(C(=O)C(C)(C)C2(C)CC(C)(C)N(C)C2=O)C1.[B]. The Morgan fingerprint density at radius 2 is 1.77 bits per heavy atom. The van der Waals surface area contributed by atoms with E-state index < -0.39 is 10.8 Å². The average molecular weight is 305 g/mol. The van der Waals surface area contributed by atoms with Crippen molar-refractivity contribution < 1.29 is 9.59 Å². The predicted octanol–water partition coefficient (Wildman–Crippen LogP) is 2.15. The van der Waals surface area contributed by atoms with E-state index in [9.17, 15) is 9.59 Å². The van der Waals surface area contributed by atoms with Crippen molar-refractivity contribution in [1.82, 2.24) is 9.80 Å². The van der Waals surface area contributed by atoms with Crippen LogP contribution in [0.25, 0.3) is 0 Å². The van der Waals surface area contributed by atoms with E-state index >= 15 is 0 Å². The fraction of sp³-hybridized carbons (Fsp3) is 0.882. The third kappa shape index (κ3) is 2.46. The zero-order valence-electron chi connectivity index (χ0n) is 15.2. The fourth-order valence-corrected chi connectivity index (χ4v) is 3.82. The molecule has 0 aliphatic carbocycles. The number of amides is 2. The van der Waals surface area contributed by atoms with E-state index in [-0.39, 0.29) is 25.8 Å². The average Bonchev–Trinajstić information content (AvgIpc) is 2.49. The van der Waals surface area contributed by atoms with Gasteiger partial charge in [0.2, 0.25) is 11.8 Å². The van der Waals surface area contributed by atoms with Crippen molar-refractivity contribution in [2.24, 2.45) is 16.7 Å². The lowest BCUT2D eigenvalue weighted by Gasteiger charge is -2.47. The molecule has 0 N–H and O–H groups in total. The topological polar surface area (TPSA) is 40.6 Å². The second-order valence-corrected chi connectivity index (χ2v) is 8.29. The standard InChI is InChI=1S/C17H30N2O2.B/c1-8-12-9-19(10-12)13(20)16(4,5)17(6)11-15(2,3)18(7)14(17)21;/h12H,8-11H2,1-7H3;. The van der Waals surface area contributed by atoms with Gasteiger partial charge in [-0.3, -0.25) is 9.59 Å². The maximum atomic E-state index is 12.9. The molecule has 22 heavy (non-hydrogen) atoms. The number of nitrogens with zero attached hydrogens (tertiary/aromatic N) is 2. The van der Waals surface area contributed by atoms with E-state index in [4.69, 9.17) is 0 Å². The van der Waals surface area contributed by atoms with Gasteiger partial charge in [0.1, 0.15) is 0 Å². The third-order valence-corrected chi connectivity index (χ3v) is 6.21. The van der Waals surface area contributed by atoms with Crippen molar-refractivity contribution >= 4 is 20.2 Å². The molecule has 2 amide bonds. The van der Waals surface area contributed by atoms with Gasteiger partial charge in [-0.05, 0) is 53.4 Å². The summed E-state index contributed by atoms with van der Waals surface area (Å²) in [4.78, 5) is 29.5. The van der Waals surface area contributed by atoms with Gasteiger partial charge < -0.3 is 9.80 Å². The monoisotopic (exact) mass is 305 g/mol. The summed E-state index contributed by atoms with van der Waals surface area (Å²) in [6.45, 7) is 13.9. The van der Waals surface area contributed by atoms with Gasteiger partial charge in [-0.15, -0.1) is 0 Å². The Morgan fingerprint density at radius 1 is 1.27 bits per heavy atom. The molecule has 3 radical (unpaired) electrons. The van der Waals surface area contributed by atoms with Crippen LogP contribution in [0.3, 0.4) is 0 Å². The smallest absolute Gasteiger partial charge is 0.229 e. The Morgan fingerprint density at radius 3 is 2.14 bits per heavy atom. The molecule has 4 nitrogen and oxygen atoms in total. The summed E-state index contributed by atoms with van der Waals surface area (Å²) < 4.78 is 0. The summed E-state index contributed by atoms with van der Waals surface area (Å²) in [7, 11) is 1.85. The summed E-state index contributed by atoms with van der Waals surface area (Å²) in [5.41, 5.74) is -1.48. The number of hydrogen-bond acceptors (Lipinski definition) is 2. The summed E-state index contributed by atoms with van der Waals surface area (Å²) in [5.74, 6) is 0.864. The second kappa shape index (κ2) is 5.57. The number of rotatable bonds is 3. The van der Waals surface area contributed by atoms with Gasteiger partial charge >= 0.3 is 0 Å². The van der Waals surface area contributed by atoms with Crippen LogP contribution in [0.2, 0.25) is 0 Å². The molecule has 0 saturated carbocycles. The first kappa shape index (κ1) is 19.1. The van der Waals surface area contributed by atoms with E-state index in [2.05, 4.69) is 20.8 Å². The van der Waals surface area contributed by atoms with Crippen LogP contribution < -0.4 is 0 Å². The largest absolute Gasteiger partial charge is 0.342 e. The Bertz CT molecular complexity index is 469. The summed E-state index contributed by atoms with van der Waals surface area (Å²) in [6.07, 6.45) is 1.84. The van der Waals surface area contributed by atoms with Crippen molar-refractivity contribution in [3.63, 3.8) is 0 Å². The predicted molar refractivity (Wildman–Crippen MR) is 89.5 cm³/mol. The van der Waals surface area contributed by atoms with Gasteiger partial charge in [0.15, 0.2) is 0 Å². The Labute approximate surface area is 137 Å². The van der Waals surface area contributed by atoms with Crippen molar-refractivity contribution in [3.05, 3.63) is 0 Å². The van der Waals surface area contributed by atoms with Crippen molar-refractivity contribution in [2.75, 3.05) is 20.1 Å². The van der Waals surface area contributed by atoms with Crippen molar-refractivity contribution in [1.29, 1.82) is 0 Å². The lowest BCUT2D eigenvalue weighted by atomic mass is 9.62. The van der Waals surface area contributed by atoms with Crippen LogP contribution in [-0.4, -0.2) is 55.7 Å². The molecule has 2 fully saturated rings. The molecule has 2 heterocycles. The van der Waals surface area contributed by atoms with Crippen molar-refractivity contribution in [3.8, 4) is 0 Å². The molecule has 2 rings (SSSR count). The van der Waals surface area contributed by atoms with Gasteiger partial charge in [0.05, 0.1) is 10.8 Å². The van der Waals surface area contributed by atoms with E-state index in [1.807, 2.05) is 37.6 Å². The first-order chi connectivity index (χ1) is 9.47. The van der Waals surface area contributed by atoms with Crippen LogP contribution in [0, 0.1) is 16.7 Å². The Balaban J connectivity index is 0.00000242. The molecule has 1 unspecified atom stereocenters. The second-order valence-electron chi connectivity index (χ2n) is 8.29. The number of likely N-dealkylation sites (tertiary alicyclic amines) is 2. The van der Waals surface area contributed by atoms with Crippen LogP contribution in [0.4, 0.5) is 0 Å². The van der Waals surface area contributed by atoms with Crippen LogP contribution in [0.15, 0.2) is 0 Å². The maximum absolute atomic E-state index is 12.9. The molecule has 0 aromatic heterocycles. The van der Waals surface area contributed by atoms with Gasteiger partial charge in [-0.2, -0.15) is 0 Å². The summed E-state index contributed by atoms with van der Waals surface area (Å²) >= 11 is 0. The molecule has 0 aromatic carbocycles. The van der Waals surface area contributed by atoms with Crippen LogP contribution >= 0.6 is 0 Å². The van der Waals surface area contributed by atoms with E-state index in [1.54, 1.807) is 0 Å². The fourth-order valence-electron chi connectivity index (χ4n) is 3.82. The van der Waals surface area contributed by atoms with Crippen molar-refractivity contribution in [2.45, 2.75) is 59.9 Å².